The van der Waals surface area contributed by atoms with Gasteiger partial charge in [0.15, 0.2) is 11.0 Å². The second-order valence-corrected chi connectivity index (χ2v) is 6.70. The van der Waals surface area contributed by atoms with Crippen LogP contribution < -0.4 is 10.1 Å². The van der Waals surface area contributed by atoms with Crippen LogP contribution in [0.5, 0.6) is 5.75 Å². The van der Waals surface area contributed by atoms with Gasteiger partial charge in [-0.25, -0.2) is 4.39 Å². The molecule has 0 bridgehead atoms. The number of allylic oxidation sites excluding steroid dienone is 1. The standard InChI is InChI=1S/C20H19FN4O2S/c1-3-11-25-19(14-7-6-8-15(21)12-14)23-24-20(25)28-13-18(26)22-16-9-4-5-10-17(16)27-2/h3-10,12H,1,11,13H2,2H3,(H,22,26). The van der Waals surface area contributed by atoms with Crippen molar-refractivity contribution in [3.05, 3.63) is 67.0 Å². The average molecular weight is 398 g/mol. The maximum Gasteiger partial charge on any atom is 0.234 e. The molecule has 1 amide bonds. The smallest absolute Gasteiger partial charge is 0.234 e. The first kappa shape index (κ1) is 19.6. The molecule has 0 saturated carbocycles. The maximum atomic E-state index is 13.6. The van der Waals surface area contributed by atoms with E-state index in [9.17, 15) is 9.18 Å². The minimum atomic E-state index is -0.351. The number of anilines is 1. The molecule has 0 aliphatic heterocycles. The van der Waals surface area contributed by atoms with Gasteiger partial charge in [-0.3, -0.25) is 9.36 Å². The van der Waals surface area contributed by atoms with Crippen LogP contribution in [0, 0.1) is 5.82 Å². The predicted molar refractivity (Wildman–Crippen MR) is 108 cm³/mol. The van der Waals surface area contributed by atoms with Crippen molar-refractivity contribution < 1.29 is 13.9 Å². The number of carbonyl (C=O) groups is 1. The highest BCUT2D eigenvalue weighted by Crippen LogP contribution is 2.26. The van der Waals surface area contributed by atoms with E-state index in [4.69, 9.17) is 4.74 Å². The Morgan fingerprint density at radius 2 is 2.11 bits per heavy atom. The zero-order chi connectivity index (χ0) is 19.9. The highest BCUT2D eigenvalue weighted by molar-refractivity contribution is 7.99. The van der Waals surface area contributed by atoms with Crippen molar-refractivity contribution >= 4 is 23.4 Å². The van der Waals surface area contributed by atoms with E-state index >= 15 is 0 Å². The number of carbonyl (C=O) groups excluding carboxylic acids is 1. The van der Waals surface area contributed by atoms with Crippen LogP contribution in [0.4, 0.5) is 10.1 Å². The van der Waals surface area contributed by atoms with Crippen LogP contribution >= 0.6 is 11.8 Å². The minimum absolute atomic E-state index is 0.135. The second kappa shape index (κ2) is 9.18. The number of para-hydroxylation sites is 2. The van der Waals surface area contributed by atoms with Crippen LogP contribution in [0.2, 0.25) is 0 Å². The molecule has 1 heterocycles. The molecule has 1 aromatic heterocycles. The zero-order valence-corrected chi connectivity index (χ0v) is 16.1. The van der Waals surface area contributed by atoms with Gasteiger partial charge in [0.05, 0.1) is 18.6 Å². The summed E-state index contributed by atoms with van der Waals surface area (Å²) >= 11 is 1.24. The van der Waals surface area contributed by atoms with Gasteiger partial charge in [0.1, 0.15) is 11.6 Å². The van der Waals surface area contributed by atoms with Crippen LogP contribution in [-0.4, -0.2) is 33.5 Å². The molecule has 3 rings (SSSR count). The number of hydrogen-bond acceptors (Lipinski definition) is 5. The zero-order valence-electron chi connectivity index (χ0n) is 15.3. The monoisotopic (exact) mass is 398 g/mol. The molecule has 0 radical (unpaired) electrons. The molecule has 3 aromatic rings. The fourth-order valence-corrected chi connectivity index (χ4v) is 3.34. The lowest BCUT2D eigenvalue weighted by Crippen LogP contribution is -2.15. The van der Waals surface area contributed by atoms with Crippen molar-refractivity contribution in [1.29, 1.82) is 0 Å². The first-order chi connectivity index (χ1) is 13.6. The first-order valence-electron chi connectivity index (χ1n) is 8.48. The fourth-order valence-electron chi connectivity index (χ4n) is 2.59. The molecule has 0 saturated heterocycles. The Hall–Kier alpha value is -3.13. The number of nitrogens with zero attached hydrogens (tertiary/aromatic N) is 3. The van der Waals surface area contributed by atoms with Crippen LogP contribution in [0.15, 0.2) is 66.3 Å². The third kappa shape index (κ3) is 4.58. The van der Waals surface area contributed by atoms with Crippen molar-refractivity contribution in [2.45, 2.75) is 11.7 Å². The lowest BCUT2D eigenvalue weighted by Gasteiger charge is -2.10. The highest BCUT2D eigenvalue weighted by Gasteiger charge is 2.16. The number of benzene rings is 2. The van der Waals surface area contributed by atoms with E-state index in [1.807, 2.05) is 12.1 Å². The number of rotatable bonds is 8. The normalized spacial score (nSPS) is 10.5. The molecule has 8 heteroatoms. The lowest BCUT2D eigenvalue weighted by molar-refractivity contribution is -0.113. The number of amides is 1. The Morgan fingerprint density at radius 3 is 2.86 bits per heavy atom. The molecule has 1 N–H and O–H groups in total. The third-order valence-corrected chi connectivity index (χ3v) is 4.79. The molecule has 0 fully saturated rings. The Labute approximate surface area is 166 Å². The van der Waals surface area contributed by atoms with E-state index in [1.54, 1.807) is 42.0 Å². The van der Waals surface area contributed by atoms with Crippen molar-refractivity contribution in [3.8, 4) is 17.1 Å². The fraction of sp³-hybridized carbons (Fsp3) is 0.150. The summed E-state index contributed by atoms with van der Waals surface area (Å²) in [7, 11) is 1.55. The summed E-state index contributed by atoms with van der Waals surface area (Å²) in [5.74, 6) is 0.693. The van der Waals surface area contributed by atoms with Gasteiger partial charge >= 0.3 is 0 Å². The van der Waals surface area contributed by atoms with Gasteiger partial charge < -0.3 is 10.1 Å². The average Bonchev–Trinajstić information content (AvgIpc) is 3.10. The van der Waals surface area contributed by atoms with E-state index in [0.29, 0.717) is 34.5 Å². The summed E-state index contributed by atoms with van der Waals surface area (Å²) in [6, 6.07) is 13.3. The number of halogens is 1. The molecular formula is C20H19FN4O2S. The Balaban J connectivity index is 1.73. The predicted octanol–water partition coefficient (Wildman–Crippen LogP) is 4.01. The largest absolute Gasteiger partial charge is 0.495 e. The minimum Gasteiger partial charge on any atom is -0.495 e. The number of nitrogens with one attached hydrogen (secondary N) is 1. The molecule has 28 heavy (non-hydrogen) atoms. The summed E-state index contributed by atoms with van der Waals surface area (Å²) in [4.78, 5) is 12.3. The molecule has 2 aromatic carbocycles. The van der Waals surface area contributed by atoms with Crippen molar-refractivity contribution in [3.63, 3.8) is 0 Å². The topological polar surface area (TPSA) is 69.0 Å². The molecule has 144 valence electrons. The molecule has 0 spiro atoms. The van der Waals surface area contributed by atoms with Crippen LogP contribution in [0.3, 0.4) is 0 Å². The molecular weight excluding hydrogens is 379 g/mol. The number of aromatic nitrogens is 3. The molecule has 6 nitrogen and oxygen atoms in total. The van der Waals surface area contributed by atoms with Gasteiger partial charge in [-0.1, -0.05) is 42.1 Å². The lowest BCUT2D eigenvalue weighted by atomic mass is 10.2. The molecule has 0 unspecified atom stereocenters. The summed E-state index contributed by atoms with van der Waals surface area (Å²) < 4.78 is 20.6. The van der Waals surface area contributed by atoms with E-state index in [-0.39, 0.29) is 17.5 Å². The van der Waals surface area contributed by atoms with Gasteiger partial charge in [0.2, 0.25) is 5.91 Å². The van der Waals surface area contributed by atoms with Crippen molar-refractivity contribution in [1.82, 2.24) is 14.8 Å². The Kier molecular flexibility index (Phi) is 6.44. The summed E-state index contributed by atoms with van der Waals surface area (Å²) in [5.41, 5.74) is 1.21. The summed E-state index contributed by atoms with van der Waals surface area (Å²) in [6.45, 7) is 4.19. The maximum absolute atomic E-state index is 13.6. The first-order valence-corrected chi connectivity index (χ1v) is 9.46. The van der Waals surface area contributed by atoms with Crippen molar-refractivity contribution in [2.24, 2.45) is 0 Å². The van der Waals surface area contributed by atoms with E-state index in [1.165, 1.54) is 23.9 Å². The van der Waals surface area contributed by atoms with Crippen LogP contribution in [-0.2, 0) is 11.3 Å². The van der Waals surface area contributed by atoms with Gasteiger partial charge in [-0.05, 0) is 24.3 Å². The van der Waals surface area contributed by atoms with Crippen LogP contribution in [0.25, 0.3) is 11.4 Å². The van der Waals surface area contributed by atoms with Crippen molar-refractivity contribution in [2.75, 3.05) is 18.2 Å². The van der Waals surface area contributed by atoms with Gasteiger partial charge in [0.25, 0.3) is 0 Å². The Morgan fingerprint density at radius 1 is 1.29 bits per heavy atom. The van der Waals surface area contributed by atoms with E-state index < -0.39 is 0 Å². The number of hydrogen-bond donors (Lipinski definition) is 1. The molecule has 0 atom stereocenters. The quantitative estimate of drug-likeness (QED) is 0.459. The SMILES string of the molecule is C=CCn1c(SCC(=O)Nc2ccccc2OC)nnc1-c1cccc(F)c1. The van der Waals surface area contributed by atoms with Crippen LogP contribution in [0.1, 0.15) is 0 Å². The molecule has 0 aliphatic carbocycles. The number of ether oxygens (including phenoxy) is 1. The Bertz CT molecular complexity index is 990. The third-order valence-electron chi connectivity index (χ3n) is 3.82. The van der Waals surface area contributed by atoms with Gasteiger partial charge in [-0.2, -0.15) is 0 Å². The highest BCUT2D eigenvalue weighted by atomic mass is 32.2. The summed E-state index contributed by atoms with van der Waals surface area (Å²) in [6.07, 6.45) is 1.70. The number of methoxy groups -OCH3 is 1. The van der Waals surface area contributed by atoms with Gasteiger partial charge in [0, 0.05) is 12.1 Å². The molecule has 0 aliphatic rings. The number of thioether (sulfide) groups is 1. The van der Waals surface area contributed by atoms with E-state index in [2.05, 4.69) is 22.1 Å². The summed E-state index contributed by atoms with van der Waals surface area (Å²) in [5, 5.41) is 11.7. The van der Waals surface area contributed by atoms with E-state index in [0.717, 1.165) is 0 Å². The second-order valence-electron chi connectivity index (χ2n) is 5.75. The van der Waals surface area contributed by atoms with Gasteiger partial charge in [-0.15, -0.1) is 16.8 Å².